The molecule has 0 aliphatic rings. The number of unbranched alkanes of at least 4 members (excludes halogenated alkanes) is 6. The molecule has 9 rings (SSSR count). The number of rotatable bonds is 23. The standard InChI is InChI=1S/C73H78N2/c1-7-9-11-15-23-62-51-67(74-66-43-35-60(36-44-66)59-33-41-65(42-34-59)73(6,53-54(3)4)64-39-31-58(32-40-64)57-29-27-55(5)28-30-57)45-49-71(62)72-50-48-70(52-63(72)24-16-12-10-8-2)75(68-25-19-14-20-26-68)69-46-37-61(38-47-69)56-21-17-13-18-22-56/h13-14,17-22,25-52,54,74H,7-12,15-16,23-24,53H2,1-6H3/t73-/m0/s1. The van der Waals surface area contributed by atoms with E-state index >= 15 is 0 Å². The van der Waals surface area contributed by atoms with Crippen LogP contribution in [-0.4, -0.2) is 0 Å². The molecule has 0 amide bonds. The molecular weight excluding hydrogens is 905 g/mol. The SMILES string of the molecule is CCCCCCc1cc(Nc2ccc(-c3ccc([C@@](C)(CC(C)C)c4ccc(-c5ccc(C)cc5)cc4)cc3)cc2)ccc1-c1ccc(N(c2ccccc2)c2ccc(-c3ccccc3)cc2)cc1CCCCCC. The van der Waals surface area contributed by atoms with Crippen LogP contribution in [0.2, 0.25) is 0 Å². The zero-order valence-corrected chi connectivity index (χ0v) is 45.6. The van der Waals surface area contributed by atoms with Crippen molar-refractivity contribution in [2.45, 2.75) is 118 Å². The zero-order valence-electron chi connectivity index (χ0n) is 45.6. The van der Waals surface area contributed by atoms with Crippen molar-refractivity contribution in [3.8, 4) is 44.5 Å². The van der Waals surface area contributed by atoms with E-state index in [1.54, 1.807) is 0 Å². The lowest BCUT2D eigenvalue weighted by molar-refractivity contribution is 0.427. The third-order valence-corrected chi connectivity index (χ3v) is 15.3. The maximum atomic E-state index is 3.82. The quantitative estimate of drug-likeness (QED) is 0.0643. The maximum Gasteiger partial charge on any atom is 0.0464 e. The summed E-state index contributed by atoms with van der Waals surface area (Å²) in [4.78, 5) is 2.42. The van der Waals surface area contributed by atoms with Crippen LogP contribution >= 0.6 is 0 Å². The molecule has 0 saturated heterocycles. The molecule has 0 saturated carbocycles. The summed E-state index contributed by atoms with van der Waals surface area (Å²) in [5, 5.41) is 3.82. The third kappa shape index (κ3) is 13.1. The second-order valence-corrected chi connectivity index (χ2v) is 21.6. The minimum atomic E-state index is -0.101. The van der Waals surface area contributed by atoms with E-state index in [-0.39, 0.29) is 5.41 Å². The summed E-state index contributed by atoms with van der Waals surface area (Å²) < 4.78 is 0. The summed E-state index contributed by atoms with van der Waals surface area (Å²) >= 11 is 0. The second-order valence-electron chi connectivity index (χ2n) is 21.6. The highest BCUT2D eigenvalue weighted by Crippen LogP contribution is 2.42. The molecule has 2 heteroatoms. The number of anilines is 5. The van der Waals surface area contributed by atoms with E-state index < -0.39 is 0 Å². The maximum absolute atomic E-state index is 3.82. The number of nitrogens with zero attached hydrogens (tertiary/aromatic N) is 1. The van der Waals surface area contributed by atoms with Crippen molar-refractivity contribution in [3.63, 3.8) is 0 Å². The predicted octanol–water partition coefficient (Wildman–Crippen LogP) is 21.5. The highest BCUT2D eigenvalue weighted by molar-refractivity contribution is 5.82. The Morgan fingerprint density at radius 1 is 0.400 bits per heavy atom. The van der Waals surface area contributed by atoms with Crippen LogP contribution in [0.25, 0.3) is 44.5 Å². The van der Waals surface area contributed by atoms with Crippen molar-refractivity contribution in [2.75, 3.05) is 10.2 Å². The van der Waals surface area contributed by atoms with Gasteiger partial charge < -0.3 is 10.2 Å². The van der Waals surface area contributed by atoms with Crippen LogP contribution in [0.5, 0.6) is 0 Å². The van der Waals surface area contributed by atoms with Gasteiger partial charge in [0.1, 0.15) is 0 Å². The molecule has 0 fully saturated rings. The van der Waals surface area contributed by atoms with Crippen LogP contribution in [0.15, 0.2) is 218 Å². The summed E-state index contributed by atoms with van der Waals surface area (Å²) in [5.74, 6) is 0.552. The monoisotopic (exact) mass is 983 g/mol. The van der Waals surface area contributed by atoms with Crippen molar-refractivity contribution in [1.29, 1.82) is 0 Å². The van der Waals surface area contributed by atoms with Crippen LogP contribution < -0.4 is 10.2 Å². The predicted molar refractivity (Wildman–Crippen MR) is 325 cm³/mol. The first-order chi connectivity index (χ1) is 36.7. The molecule has 9 aromatic rings. The summed E-state index contributed by atoms with van der Waals surface area (Å²) in [5.41, 5.74) is 22.6. The molecule has 0 aliphatic carbocycles. The highest BCUT2D eigenvalue weighted by Gasteiger charge is 2.30. The fraction of sp³-hybridized carbons (Fsp3) is 0.260. The van der Waals surface area contributed by atoms with Gasteiger partial charge in [0.05, 0.1) is 0 Å². The van der Waals surface area contributed by atoms with E-state index in [2.05, 4.69) is 270 Å². The molecule has 1 N–H and O–H groups in total. The van der Waals surface area contributed by atoms with Gasteiger partial charge in [-0.25, -0.2) is 0 Å². The Morgan fingerprint density at radius 3 is 1.33 bits per heavy atom. The fourth-order valence-corrected chi connectivity index (χ4v) is 11.2. The lowest BCUT2D eigenvalue weighted by atomic mass is 9.70. The summed E-state index contributed by atoms with van der Waals surface area (Å²) in [7, 11) is 0. The van der Waals surface area contributed by atoms with E-state index in [4.69, 9.17) is 0 Å². The summed E-state index contributed by atoms with van der Waals surface area (Å²) in [6.07, 6.45) is 13.0. The molecule has 75 heavy (non-hydrogen) atoms. The fourth-order valence-electron chi connectivity index (χ4n) is 11.2. The van der Waals surface area contributed by atoms with Crippen LogP contribution in [-0.2, 0) is 18.3 Å². The number of hydrogen-bond donors (Lipinski definition) is 1. The van der Waals surface area contributed by atoms with E-state index in [0.29, 0.717) is 5.92 Å². The van der Waals surface area contributed by atoms with Gasteiger partial charge in [-0.1, -0.05) is 236 Å². The molecule has 0 aliphatic heterocycles. The molecule has 0 spiro atoms. The highest BCUT2D eigenvalue weighted by atomic mass is 15.1. The molecular formula is C73H78N2. The average Bonchev–Trinajstić information content (AvgIpc) is 3.45. The first-order valence-corrected chi connectivity index (χ1v) is 28.1. The first kappa shape index (κ1) is 52.4. The number of benzene rings is 9. The van der Waals surface area contributed by atoms with Crippen molar-refractivity contribution in [3.05, 3.63) is 246 Å². The Labute approximate surface area is 450 Å². The molecule has 1 atom stereocenters. The van der Waals surface area contributed by atoms with E-state index in [1.165, 1.54) is 129 Å². The first-order valence-electron chi connectivity index (χ1n) is 28.1. The van der Waals surface area contributed by atoms with Crippen molar-refractivity contribution in [1.82, 2.24) is 0 Å². The van der Waals surface area contributed by atoms with Crippen LogP contribution in [0, 0.1) is 12.8 Å². The van der Waals surface area contributed by atoms with Crippen LogP contribution in [0.1, 0.15) is 120 Å². The number of hydrogen-bond acceptors (Lipinski definition) is 2. The lowest BCUT2D eigenvalue weighted by Gasteiger charge is -2.33. The van der Waals surface area contributed by atoms with E-state index in [9.17, 15) is 0 Å². The van der Waals surface area contributed by atoms with E-state index in [0.717, 1.165) is 42.0 Å². The van der Waals surface area contributed by atoms with Gasteiger partial charge in [0.15, 0.2) is 0 Å². The molecule has 2 nitrogen and oxygen atoms in total. The Kier molecular flexibility index (Phi) is 17.6. The van der Waals surface area contributed by atoms with Crippen LogP contribution in [0.4, 0.5) is 28.4 Å². The topological polar surface area (TPSA) is 15.3 Å². The number of nitrogens with one attached hydrogen (secondary N) is 1. The normalized spacial score (nSPS) is 12.1. The Hall–Kier alpha value is -7.42. The molecule has 9 aromatic carbocycles. The molecule has 0 heterocycles. The van der Waals surface area contributed by atoms with Gasteiger partial charge in [0.2, 0.25) is 0 Å². The largest absolute Gasteiger partial charge is 0.356 e. The summed E-state index contributed by atoms with van der Waals surface area (Å²) in [6, 6.07) is 81.4. The Morgan fingerprint density at radius 2 is 0.813 bits per heavy atom. The van der Waals surface area contributed by atoms with Gasteiger partial charge in [0, 0.05) is 33.9 Å². The van der Waals surface area contributed by atoms with E-state index in [1.807, 2.05) is 0 Å². The van der Waals surface area contributed by atoms with Crippen LogP contribution in [0.3, 0.4) is 0 Å². The van der Waals surface area contributed by atoms with Gasteiger partial charge in [0.25, 0.3) is 0 Å². The van der Waals surface area contributed by atoms with Crippen molar-refractivity contribution < 1.29 is 0 Å². The third-order valence-electron chi connectivity index (χ3n) is 15.3. The second kappa shape index (κ2) is 25.2. The molecule has 0 radical (unpaired) electrons. The van der Waals surface area contributed by atoms with Gasteiger partial charge in [-0.3, -0.25) is 0 Å². The van der Waals surface area contributed by atoms with Gasteiger partial charge in [-0.05, 0) is 172 Å². The molecule has 0 aromatic heterocycles. The van der Waals surface area contributed by atoms with Crippen molar-refractivity contribution in [2.24, 2.45) is 5.92 Å². The van der Waals surface area contributed by atoms with Gasteiger partial charge in [-0.15, -0.1) is 0 Å². The smallest absolute Gasteiger partial charge is 0.0464 e. The zero-order chi connectivity index (χ0) is 52.0. The lowest BCUT2D eigenvalue weighted by Crippen LogP contribution is -2.25. The van der Waals surface area contributed by atoms with Crippen molar-refractivity contribution >= 4 is 28.4 Å². The molecule has 0 bridgehead atoms. The average molecular weight is 983 g/mol. The molecule has 380 valence electrons. The van der Waals surface area contributed by atoms with Gasteiger partial charge in [-0.2, -0.15) is 0 Å². The minimum absolute atomic E-state index is 0.101. The number of para-hydroxylation sites is 1. The Bertz CT molecular complexity index is 3170. The number of aryl methyl sites for hydroxylation is 3. The Balaban J connectivity index is 0.973. The molecule has 0 unspecified atom stereocenters. The summed E-state index contributed by atoms with van der Waals surface area (Å²) in [6.45, 7) is 13.8. The van der Waals surface area contributed by atoms with Gasteiger partial charge >= 0.3 is 0 Å². The minimum Gasteiger partial charge on any atom is -0.356 e.